The van der Waals surface area contributed by atoms with E-state index in [1.807, 2.05) is 0 Å². The van der Waals surface area contributed by atoms with Gasteiger partial charge in [0.05, 0.1) is 17.2 Å². The van der Waals surface area contributed by atoms with Crippen LogP contribution in [0.25, 0.3) is 10.4 Å². The fourth-order valence-corrected chi connectivity index (χ4v) is 1.78. The summed E-state index contributed by atoms with van der Waals surface area (Å²) in [5.41, 5.74) is 5.83. The fourth-order valence-electron chi connectivity index (χ4n) is 1.78. The predicted octanol–water partition coefficient (Wildman–Crippen LogP) is 2.50. The summed E-state index contributed by atoms with van der Waals surface area (Å²) < 4.78 is 38.0. The maximum atomic E-state index is 12.7. The van der Waals surface area contributed by atoms with Crippen LogP contribution in [-0.4, -0.2) is 33.9 Å². The van der Waals surface area contributed by atoms with Crippen molar-refractivity contribution in [1.29, 1.82) is 0 Å². The van der Waals surface area contributed by atoms with Gasteiger partial charge in [-0.2, -0.15) is 13.2 Å². The SMILES string of the molecule is [N-]=[N+]=NCCC(O)C(O)c1cc(C(F)(F)F)ccc1C(=O)O. The zero-order valence-electron chi connectivity index (χ0n) is 11.0. The molecule has 1 rings (SSSR count). The molecule has 0 aliphatic heterocycles. The van der Waals surface area contributed by atoms with Gasteiger partial charge in [-0.05, 0) is 35.7 Å². The zero-order valence-corrected chi connectivity index (χ0v) is 11.0. The molecular formula is C12H12F3N3O4. The molecule has 0 aromatic heterocycles. The third-order valence-electron chi connectivity index (χ3n) is 2.88. The number of halogens is 3. The molecule has 7 nitrogen and oxygen atoms in total. The quantitative estimate of drug-likeness (QED) is 0.423. The third-order valence-corrected chi connectivity index (χ3v) is 2.88. The highest BCUT2D eigenvalue weighted by Gasteiger charge is 2.33. The molecule has 0 fully saturated rings. The van der Waals surface area contributed by atoms with Crippen LogP contribution in [0.2, 0.25) is 0 Å². The Morgan fingerprint density at radius 2 is 2.00 bits per heavy atom. The lowest BCUT2D eigenvalue weighted by Crippen LogP contribution is -2.22. The number of carbonyl (C=O) groups is 1. The fraction of sp³-hybridized carbons (Fsp3) is 0.417. The highest BCUT2D eigenvalue weighted by molar-refractivity contribution is 5.89. The van der Waals surface area contributed by atoms with E-state index in [0.717, 1.165) is 0 Å². The molecule has 2 unspecified atom stereocenters. The monoisotopic (exact) mass is 319 g/mol. The standard InChI is InChI=1S/C12H12F3N3O4/c13-12(14,15)6-1-2-7(11(21)22)8(5-6)10(20)9(19)3-4-17-18-16/h1-2,5,9-10,19-20H,3-4H2,(H,21,22). The van der Waals surface area contributed by atoms with E-state index in [1.165, 1.54) is 0 Å². The number of hydrogen-bond donors (Lipinski definition) is 3. The summed E-state index contributed by atoms with van der Waals surface area (Å²) in [7, 11) is 0. The first-order valence-corrected chi connectivity index (χ1v) is 6.00. The molecule has 1 aromatic rings. The molecule has 0 saturated carbocycles. The van der Waals surface area contributed by atoms with Gasteiger partial charge in [-0.15, -0.1) is 0 Å². The van der Waals surface area contributed by atoms with E-state index in [9.17, 15) is 28.2 Å². The molecule has 0 bridgehead atoms. The molecular weight excluding hydrogens is 307 g/mol. The van der Waals surface area contributed by atoms with Gasteiger partial charge in [0.1, 0.15) is 6.10 Å². The van der Waals surface area contributed by atoms with Gasteiger partial charge in [0.2, 0.25) is 0 Å². The molecule has 0 spiro atoms. The highest BCUT2D eigenvalue weighted by atomic mass is 19.4. The van der Waals surface area contributed by atoms with E-state index in [4.69, 9.17) is 10.6 Å². The Kier molecular flexibility index (Phi) is 5.75. The van der Waals surface area contributed by atoms with Gasteiger partial charge in [0, 0.05) is 11.5 Å². The van der Waals surface area contributed by atoms with Crippen molar-refractivity contribution in [3.05, 3.63) is 45.3 Å². The number of nitrogens with zero attached hydrogens (tertiary/aromatic N) is 3. The van der Waals surface area contributed by atoms with Gasteiger partial charge in [-0.3, -0.25) is 0 Å². The van der Waals surface area contributed by atoms with Gasteiger partial charge in [0.25, 0.3) is 0 Å². The highest BCUT2D eigenvalue weighted by Crippen LogP contribution is 2.33. The van der Waals surface area contributed by atoms with E-state index in [-0.39, 0.29) is 13.0 Å². The Bertz CT molecular complexity index is 600. The molecule has 0 heterocycles. The molecule has 0 radical (unpaired) electrons. The summed E-state index contributed by atoms with van der Waals surface area (Å²) in [5, 5.41) is 31.7. The average Bonchev–Trinajstić information content (AvgIpc) is 2.44. The second-order valence-electron chi connectivity index (χ2n) is 4.36. The number of carboxylic acids is 1. The van der Waals surface area contributed by atoms with Gasteiger partial charge in [0.15, 0.2) is 0 Å². The topological polar surface area (TPSA) is 127 Å². The van der Waals surface area contributed by atoms with Crippen LogP contribution in [0.15, 0.2) is 23.3 Å². The van der Waals surface area contributed by atoms with Crippen molar-refractivity contribution in [3.8, 4) is 0 Å². The molecule has 3 N–H and O–H groups in total. The number of aromatic carboxylic acids is 1. The van der Waals surface area contributed by atoms with Crippen molar-refractivity contribution in [2.45, 2.75) is 24.8 Å². The summed E-state index contributed by atoms with van der Waals surface area (Å²) >= 11 is 0. The van der Waals surface area contributed by atoms with Gasteiger partial charge < -0.3 is 15.3 Å². The average molecular weight is 319 g/mol. The number of aliphatic hydroxyl groups excluding tert-OH is 2. The lowest BCUT2D eigenvalue weighted by atomic mass is 9.95. The Labute approximate surface area is 122 Å². The van der Waals surface area contributed by atoms with Crippen molar-refractivity contribution in [2.75, 3.05) is 6.54 Å². The largest absolute Gasteiger partial charge is 0.478 e. The number of carboxylic acid groups (broad SMARTS) is 1. The van der Waals surface area contributed by atoms with E-state index < -0.39 is 41.0 Å². The van der Waals surface area contributed by atoms with Crippen LogP contribution in [0.1, 0.15) is 34.0 Å². The predicted molar refractivity (Wildman–Crippen MR) is 68.0 cm³/mol. The lowest BCUT2D eigenvalue weighted by Gasteiger charge is -2.20. The smallest absolute Gasteiger partial charge is 0.416 e. The Hall–Kier alpha value is -2.29. The van der Waals surface area contributed by atoms with E-state index in [1.54, 1.807) is 0 Å². The normalized spacial score (nSPS) is 14.0. The second kappa shape index (κ2) is 7.12. The minimum absolute atomic E-state index is 0.198. The summed E-state index contributed by atoms with van der Waals surface area (Å²) in [6.07, 6.45) is -8.39. The van der Waals surface area contributed by atoms with Crippen molar-refractivity contribution in [1.82, 2.24) is 0 Å². The van der Waals surface area contributed by atoms with Crippen molar-refractivity contribution in [3.63, 3.8) is 0 Å². The first-order valence-electron chi connectivity index (χ1n) is 6.00. The number of benzene rings is 1. The van der Waals surface area contributed by atoms with E-state index in [0.29, 0.717) is 18.2 Å². The van der Waals surface area contributed by atoms with Gasteiger partial charge in [-0.1, -0.05) is 5.11 Å². The van der Waals surface area contributed by atoms with Crippen molar-refractivity contribution in [2.24, 2.45) is 5.11 Å². The van der Waals surface area contributed by atoms with Gasteiger partial charge >= 0.3 is 12.1 Å². The minimum Gasteiger partial charge on any atom is -0.478 e. The number of azide groups is 1. The third kappa shape index (κ3) is 4.35. The van der Waals surface area contributed by atoms with Crippen LogP contribution in [0.4, 0.5) is 13.2 Å². The minimum atomic E-state index is -4.72. The van der Waals surface area contributed by atoms with Crippen molar-refractivity contribution >= 4 is 5.97 Å². The zero-order chi connectivity index (χ0) is 16.9. The summed E-state index contributed by atoms with van der Waals surface area (Å²) in [5.74, 6) is -1.54. The molecule has 0 saturated heterocycles. The molecule has 0 aliphatic rings. The van der Waals surface area contributed by atoms with Crippen LogP contribution in [-0.2, 0) is 6.18 Å². The maximum absolute atomic E-state index is 12.7. The summed E-state index contributed by atoms with van der Waals surface area (Å²) in [6.45, 7) is -0.198. The first kappa shape index (κ1) is 17.8. The van der Waals surface area contributed by atoms with Crippen LogP contribution in [0.5, 0.6) is 0 Å². The Morgan fingerprint density at radius 3 is 2.50 bits per heavy atom. The van der Waals surface area contributed by atoms with Gasteiger partial charge in [-0.25, -0.2) is 4.79 Å². The van der Waals surface area contributed by atoms with E-state index in [2.05, 4.69) is 10.0 Å². The molecule has 2 atom stereocenters. The summed E-state index contributed by atoms with van der Waals surface area (Å²) in [4.78, 5) is 13.5. The molecule has 120 valence electrons. The van der Waals surface area contributed by atoms with E-state index >= 15 is 0 Å². The van der Waals surface area contributed by atoms with Crippen molar-refractivity contribution < 1.29 is 33.3 Å². The molecule has 0 amide bonds. The van der Waals surface area contributed by atoms with Crippen LogP contribution in [0.3, 0.4) is 0 Å². The lowest BCUT2D eigenvalue weighted by molar-refractivity contribution is -0.137. The first-order chi connectivity index (χ1) is 10.2. The number of hydrogen-bond acceptors (Lipinski definition) is 4. The molecule has 10 heteroatoms. The number of alkyl halides is 3. The number of rotatable bonds is 6. The number of aliphatic hydroxyl groups is 2. The van der Waals surface area contributed by atoms with Crippen LogP contribution in [0, 0.1) is 0 Å². The summed E-state index contributed by atoms with van der Waals surface area (Å²) in [6, 6.07) is 1.76. The molecule has 0 aliphatic carbocycles. The second-order valence-corrected chi connectivity index (χ2v) is 4.36. The Balaban J connectivity index is 3.17. The van der Waals surface area contributed by atoms with Crippen LogP contribution >= 0.6 is 0 Å². The molecule has 22 heavy (non-hydrogen) atoms. The Morgan fingerprint density at radius 1 is 1.36 bits per heavy atom. The molecule has 1 aromatic carbocycles. The maximum Gasteiger partial charge on any atom is 0.416 e. The van der Waals surface area contributed by atoms with Crippen LogP contribution < -0.4 is 0 Å².